The highest BCUT2D eigenvalue weighted by Gasteiger charge is 2.12. The van der Waals surface area contributed by atoms with Crippen molar-refractivity contribution in [2.45, 2.75) is 26.7 Å². The van der Waals surface area contributed by atoms with Crippen molar-refractivity contribution in [2.24, 2.45) is 0 Å². The minimum absolute atomic E-state index is 0.248. The summed E-state index contributed by atoms with van der Waals surface area (Å²) < 4.78 is 26.2. The van der Waals surface area contributed by atoms with E-state index in [1.807, 2.05) is 0 Å². The number of hydrogen-bond acceptors (Lipinski definition) is 9. The van der Waals surface area contributed by atoms with E-state index < -0.39 is 24.0 Å². The molecular weight excluding hydrogens is 530 g/mol. The number of rotatable bonds is 13. The fourth-order valence-electron chi connectivity index (χ4n) is 3.25. The summed E-state index contributed by atoms with van der Waals surface area (Å²) in [4.78, 5) is 47.7. The molecule has 10 nitrogen and oxygen atoms in total. The maximum atomic E-state index is 12.5. The molecule has 1 amide bonds. The molecule has 0 unspecified atom stereocenters. The topological polar surface area (TPSA) is 126 Å². The summed E-state index contributed by atoms with van der Waals surface area (Å²) in [6.45, 7) is 7.81. The van der Waals surface area contributed by atoms with Gasteiger partial charge in [-0.15, -0.1) is 0 Å². The van der Waals surface area contributed by atoms with E-state index in [0.717, 1.165) is 0 Å². The van der Waals surface area contributed by atoms with E-state index in [4.69, 9.17) is 23.7 Å². The fourth-order valence-corrected chi connectivity index (χ4v) is 3.25. The summed E-state index contributed by atoms with van der Waals surface area (Å²) >= 11 is 0. The van der Waals surface area contributed by atoms with E-state index >= 15 is 0 Å². The lowest BCUT2D eigenvalue weighted by Crippen LogP contribution is -2.13. The fraction of sp³-hybridized carbons (Fsp3) is 0.226. The highest BCUT2D eigenvalue weighted by atomic mass is 16.6. The Kier molecular flexibility index (Phi) is 11.5. The summed E-state index contributed by atoms with van der Waals surface area (Å²) in [5.74, 6) is -0.422. The van der Waals surface area contributed by atoms with Crippen LogP contribution in [-0.2, 0) is 14.3 Å². The van der Waals surface area contributed by atoms with Gasteiger partial charge in [0.25, 0.3) is 0 Å². The molecule has 0 fully saturated rings. The van der Waals surface area contributed by atoms with Crippen molar-refractivity contribution in [2.75, 3.05) is 25.1 Å². The van der Waals surface area contributed by atoms with Crippen molar-refractivity contribution in [1.29, 1.82) is 0 Å². The van der Waals surface area contributed by atoms with E-state index in [1.54, 1.807) is 50.2 Å². The maximum Gasteiger partial charge on any atom is 0.411 e. The smallest absolute Gasteiger partial charge is 0.411 e. The van der Waals surface area contributed by atoms with Gasteiger partial charge in [-0.2, -0.15) is 0 Å². The van der Waals surface area contributed by atoms with E-state index in [1.165, 1.54) is 36.4 Å². The first-order valence-corrected chi connectivity index (χ1v) is 12.9. The minimum atomic E-state index is -0.592. The lowest BCUT2D eigenvalue weighted by Gasteiger charge is -2.09. The number of unbranched alkanes of at least 4 members (excludes halogenated alkanes) is 1. The number of benzene rings is 3. The SMILES string of the molecule is C=C(C)C(=O)OCCCCOc1ccc(C(=O)Oc2ccc(OC(=O)c3ccc(NC(=O)OCC)cc3)cc2)cc1. The molecule has 41 heavy (non-hydrogen) atoms. The molecule has 0 aliphatic carbocycles. The van der Waals surface area contributed by atoms with Gasteiger partial charge >= 0.3 is 24.0 Å². The summed E-state index contributed by atoms with van der Waals surface area (Å²) in [6, 6.07) is 18.7. The third kappa shape index (κ3) is 10.2. The number of esters is 3. The third-order valence-corrected chi connectivity index (χ3v) is 5.37. The molecule has 0 aliphatic rings. The zero-order valence-corrected chi connectivity index (χ0v) is 22.8. The molecule has 0 saturated carbocycles. The molecular formula is C31H31NO9. The number of carbonyl (C=O) groups is 4. The summed E-state index contributed by atoms with van der Waals surface area (Å²) in [5.41, 5.74) is 1.46. The first kappa shape index (κ1) is 30.4. The Morgan fingerprint density at radius 2 is 1.17 bits per heavy atom. The van der Waals surface area contributed by atoms with Crippen molar-refractivity contribution in [1.82, 2.24) is 0 Å². The predicted molar refractivity (Wildman–Crippen MR) is 150 cm³/mol. The van der Waals surface area contributed by atoms with Crippen LogP contribution in [0, 0.1) is 0 Å². The Balaban J connectivity index is 1.42. The zero-order valence-electron chi connectivity index (χ0n) is 22.8. The second kappa shape index (κ2) is 15.5. The quantitative estimate of drug-likeness (QED) is 0.116. The molecule has 1 N–H and O–H groups in total. The minimum Gasteiger partial charge on any atom is -0.494 e. The predicted octanol–water partition coefficient (Wildman–Crippen LogP) is 5.97. The highest BCUT2D eigenvalue weighted by Crippen LogP contribution is 2.21. The normalized spacial score (nSPS) is 10.2. The standard InChI is InChI=1S/C31H31NO9/c1-4-37-31(36)32-24-11-7-22(8-12-24)29(34)40-26-15-17-27(18-16-26)41-30(35)23-9-13-25(14-10-23)38-19-5-6-20-39-28(33)21(2)3/h7-18H,2,4-6,19-20H2,1,3H3,(H,32,36). The van der Waals surface area contributed by atoms with E-state index in [0.29, 0.717) is 48.6 Å². The first-order chi connectivity index (χ1) is 19.7. The number of anilines is 1. The van der Waals surface area contributed by atoms with Crippen molar-refractivity contribution in [3.63, 3.8) is 0 Å². The van der Waals surface area contributed by atoms with Crippen molar-refractivity contribution >= 4 is 29.7 Å². The summed E-state index contributed by atoms with van der Waals surface area (Å²) in [6.07, 6.45) is 0.767. The monoisotopic (exact) mass is 561 g/mol. The average molecular weight is 562 g/mol. The number of amides is 1. The number of nitrogens with one attached hydrogen (secondary N) is 1. The third-order valence-electron chi connectivity index (χ3n) is 5.37. The van der Waals surface area contributed by atoms with Crippen LogP contribution >= 0.6 is 0 Å². The number of hydrogen-bond donors (Lipinski definition) is 1. The second-order valence-electron chi connectivity index (χ2n) is 8.67. The molecule has 3 aromatic rings. The molecule has 0 aromatic heterocycles. The van der Waals surface area contributed by atoms with Gasteiger partial charge in [0.2, 0.25) is 0 Å². The maximum absolute atomic E-state index is 12.5. The lowest BCUT2D eigenvalue weighted by atomic mass is 10.2. The molecule has 0 bridgehead atoms. The van der Waals surface area contributed by atoms with E-state index in [2.05, 4.69) is 11.9 Å². The molecule has 0 saturated heterocycles. The van der Waals surface area contributed by atoms with Gasteiger partial charge in [-0.1, -0.05) is 6.58 Å². The molecule has 214 valence electrons. The van der Waals surface area contributed by atoms with E-state index in [9.17, 15) is 19.2 Å². The van der Waals surface area contributed by atoms with Crippen LogP contribution in [0.1, 0.15) is 47.4 Å². The van der Waals surface area contributed by atoms with Gasteiger partial charge in [0.1, 0.15) is 17.2 Å². The molecule has 0 aliphatic heterocycles. The second-order valence-corrected chi connectivity index (χ2v) is 8.67. The van der Waals surface area contributed by atoms with Gasteiger partial charge in [0, 0.05) is 11.3 Å². The van der Waals surface area contributed by atoms with E-state index in [-0.39, 0.29) is 23.7 Å². The Bertz CT molecular complexity index is 1350. The molecule has 0 spiro atoms. The highest BCUT2D eigenvalue weighted by molar-refractivity contribution is 5.93. The van der Waals surface area contributed by atoms with Crippen molar-refractivity contribution in [3.05, 3.63) is 96.1 Å². The molecule has 3 aromatic carbocycles. The van der Waals surface area contributed by atoms with Gasteiger partial charge in [-0.25, -0.2) is 19.2 Å². The molecule has 3 rings (SSSR count). The van der Waals surface area contributed by atoms with Crippen LogP contribution in [0.15, 0.2) is 84.9 Å². The number of carbonyl (C=O) groups excluding carboxylic acids is 4. The van der Waals surface area contributed by atoms with Crippen LogP contribution in [-0.4, -0.2) is 43.8 Å². The van der Waals surface area contributed by atoms with Gasteiger partial charge in [-0.05, 0) is 99.5 Å². The van der Waals surface area contributed by atoms with Gasteiger partial charge in [0.05, 0.1) is 30.9 Å². The van der Waals surface area contributed by atoms with Crippen LogP contribution in [0.25, 0.3) is 0 Å². The van der Waals surface area contributed by atoms with Gasteiger partial charge in [0.15, 0.2) is 0 Å². The molecule has 10 heteroatoms. The summed E-state index contributed by atoms with van der Waals surface area (Å²) in [5, 5.41) is 2.54. The lowest BCUT2D eigenvalue weighted by molar-refractivity contribution is -0.139. The largest absolute Gasteiger partial charge is 0.494 e. The van der Waals surface area contributed by atoms with Crippen LogP contribution in [0.4, 0.5) is 10.5 Å². The van der Waals surface area contributed by atoms with Gasteiger partial charge < -0.3 is 23.7 Å². The van der Waals surface area contributed by atoms with Gasteiger partial charge in [-0.3, -0.25) is 5.32 Å². The van der Waals surface area contributed by atoms with Crippen molar-refractivity contribution < 1.29 is 42.9 Å². The Morgan fingerprint density at radius 1 is 0.683 bits per heavy atom. The van der Waals surface area contributed by atoms with Crippen LogP contribution in [0.3, 0.4) is 0 Å². The first-order valence-electron chi connectivity index (χ1n) is 12.9. The average Bonchev–Trinajstić information content (AvgIpc) is 2.96. The van der Waals surface area contributed by atoms with Crippen molar-refractivity contribution in [3.8, 4) is 17.2 Å². The van der Waals surface area contributed by atoms with Crippen LogP contribution in [0.2, 0.25) is 0 Å². The molecule has 0 heterocycles. The molecule has 0 radical (unpaired) electrons. The zero-order chi connectivity index (χ0) is 29.6. The van der Waals surface area contributed by atoms with Crippen LogP contribution in [0.5, 0.6) is 17.2 Å². The summed E-state index contributed by atoms with van der Waals surface area (Å²) in [7, 11) is 0. The Morgan fingerprint density at radius 3 is 1.68 bits per heavy atom. The number of ether oxygens (including phenoxy) is 5. The van der Waals surface area contributed by atoms with Crippen LogP contribution < -0.4 is 19.5 Å². The Labute approximate surface area is 237 Å². The molecule has 0 atom stereocenters. The Hall–Kier alpha value is -5.12.